The zero-order valence-corrected chi connectivity index (χ0v) is 22.8. The quantitative estimate of drug-likeness (QED) is 0.352. The van der Waals surface area contributed by atoms with Crippen molar-refractivity contribution in [3.05, 3.63) is 65.1 Å². The highest BCUT2D eigenvalue weighted by atomic mass is 32.2. The van der Waals surface area contributed by atoms with E-state index in [-0.39, 0.29) is 37.1 Å². The van der Waals surface area contributed by atoms with Crippen molar-refractivity contribution in [1.29, 1.82) is 0 Å². The number of likely N-dealkylation sites (tertiary alicyclic amines) is 1. The van der Waals surface area contributed by atoms with Gasteiger partial charge in [0.2, 0.25) is 5.91 Å². The van der Waals surface area contributed by atoms with E-state index in [1.807, 2.05) is 19.1 Å². The number of halogens is 1. The average Bonchev–Trinajstić information content (AvgIpc) is 3.60. The molecule has 5 rings (SSSR count). The second-order valence-corrected chi connectivity index (χ2v) is 13.0. The van der Waals surface area contributed by atoms with E-state index in [4.69, 9.17) is 5.73 Å². The number of hydrogen-bond donors (Lipinski definition) is 2. The highest BCUT2D eigenvalue weighted by Crippen LogP contribution is 2.30. The van der Waals surface area contributed by atoms with Gasteiger partial charge in [-0.3, -0.25) is 19.4 Å². The number of carbonyl (C=O) groups is 3. The van der Waals surface area contributed by atoms with Crippen molar-refractivity contribution in [3.8, 4) is 0 Å². The smallest absolute Gasteiger partial charge is 0.250 e. The van der Waals surface area contributed by atoms with E-state index in [0.717, 1.165) is 5.69 Å². The van der Waals surface area contributed by atoms with Crippen LogP contribution in [0.25, 0.3) is 10.9 Å². The van der Waals surface area contributed by atoms with Gasteiger partial charge >= 0.3 is 0 Å². The molecule has 1 saturated carbocycles. The fourth-order valence-corrected chi connectivity index (χ4v) is 7.00. The van der Waals surface area contributed by atoms with E-state index in [9.17, 15) is 32.3 Å². The number of benzene rings is 1. The van der Waals surface area contributed by atoms with Gasteiger partial charge in [-0.15, -0.1) is 0 Å². The van der Waals surface area contributed by atoms with E-state index in [1.165, 1.54) is 33.9 Å². The van der Waals surface area contributed by atoms with Crippen molar-refractivity contribution in [2.24, 2.45) is 5.73 Å². The second kappa shape index (κ2) is 10.7. The van der Waals surface area contributed by atoms with E-state index < -0.39 is 56.8 Å². The number of rotatable bonds is 10. The molecule has 10 nitrogen and oxygen atoms in total. The molecule has 3 heterocycles. The van der Waals surface area contributed by atoms with Crippen molar-refractivity contribution < 1.29 is 32.3 Å². The van der Waals surface area contributed by atoms with Crippen LogP contribution in [0.4, 0.5) is 4.39 Å². The van der Waals surface area contributed by atoms with E-state index in [0.29, 0.717) is 29.4 Å². The summed E-state index contributed by atoms with van der Waals surface area (Å²) in [5, 5.41) is 10.7. The second-order valence-electron chi connectivity index (χ2n) is 10.7. The molecule has 40 heavy (non-hydrogen) atoms. The molecule has 2 aromatic heterocycles. The van der Waals surface area contributed by atoms with Crippen LogP contribution in [0.2, 0.25) is 0 Å². The fraction of sp³-hybridized carbons (Fsp3) is 0.429. The van der Waals surface area contributed by atoms with Gasteiger partial charge in [0.15, 0.2) is 15.6 Å². The molecule has 212 valence electrons. The number of nitrogens with two attached hydrogens (primary N) is 1. The standard InChI is InChI=1S/C28H31FN4O6S/c1-16-3-2-4-19(31-16)11-25(34)24-10-18(29)12-33(24)27(36)14-32-13-22(28(30)37)21-9-17(5-8-23(21)32)26(35)15-40(38,39)20-6-7-20/h2-5,8-9,13,18,20,24-25,34H,6-7,10-12,14-15H2,1H3,(H2,30,37)/t18?,24-,25?/m0/s1. The Morgan fingerprint density at radius 3 is 2.62 bits per heavy atom. The van der Waals surface area contributed by atoms with Crippen LogP contribution in [-0.2, 0) is 27.6 Å². The molecule has 3 aromatic rings. The van der Waals surface area contributed by atoms with Crippen molar-refractivity contribution in [1.82, 2.24) is 14.5 Å². The molecular formula is C28H31FN4O6S. The van der Waals surface area contributed by atoms with Gasteiger partial charge in [-0.25, -0.2) is 12.8 Å². The summed E-state index contributed by atoms with van der Waals surface area (Å²) in [6.07, 6.45) is 0.336. The zero-order valence-electron chi connectivity index (χ0n) is 22.0. The molecule has 2 amide bonds. The Bertz CT molecular complexity index is 1600. The number of primary amides is 1. The number of ketones is 1. The average molecular weight is 571 g/mol. The first-order chi connectivity index (χ1) is 18.9. The molecule has 0 spiro atoms. The van der Waals surface area contributed by atoms with Crippen molar-refractivity contribution >= 4 is 38.3 Å². The number of sulfone groups is 1. The van der Waals surface area contributed by atoms with Gasteiger partial charge in [-0.05, 0) is 50.1 Å². The van der Waals surface area contributed by atoms with Gasteiger partial charge in [-0.1, -0.05) is 6.07 Å². The van der Waals surface area contributed by atoms with E-state index >= 15 is 0 Å². The van der Waals surface area contributed by atoms with Crippen LogP contribution < -0.4 is 5.73 Å². The monoisotopic (exact) mass is 570 g/mol. The van der Waals surface area contributed by atoms with Crippen LogP contribution in [-0.4, -0.2) is 81.4 Å². The van der Waals surface area contributed by atoms with Crippen LogP contribution in [0.5, 0.6) is 0 Å². The lowest BCUT2D eigenvalue weighted by Gasteiger charge is -2.28. The minimum atomic E-state index is -3.53. The van der Waals surface area contributed by atoms with E-state index in [1.54, 1.807) is 6.07 Å². The Hall–Kier alpha value is -3.64. The third-order valence-electron chi connectivity index (χ3n) is 7.56. The number of aliphatic hydroxyl groups is 1. The minimum absolute atomic E-state index is 0.00702. The number of alkyl halides is 1. The number of fused-ring (bicyclic) bond motifs is 1. The predicted octanol–water partition coefficient (Wildman–Crippen LogP) is 1.75. The lowest BCUT2D eigenvalue weighted by Crippen LogP contribution is -2.45. The maximum absolute atomic E-state index is 14.5. The molecule has 12 heteroatoms. The maximum Gasteiger partial charge on any atom is 0.250 e. The van der Waals surface area contributed by atoms with Crippen LogP contribution >= 0.6 is 0 Å². The summed E-state index contributed by atoms with van der Waals surface area (Å²) in [5.41, 5.74) is 7.61. The lowest BCUT2D eigenvalue weighted by molar-refractivity contribution is -0.134. The van der Waals surface area contributed by atoms with Gasteiger partial charge < -0.3 is 20.3 Å². The molecule has 3 N–H and O–H groups in total. The maximum atomic E-state index is 14.5. The molecule has 0 bridgehead atoms. The van der Waals surface area contributed by atoms with Crippen LogP contribution in [0.15, 0.2) is 42.6 Å². The summed E-state index contributed by atoms with van der Waals surface area (Å²) in [7, 11) is -3.53. The fourth-order valence-electron chi connectivity index (χ4n) is 5.37. The molecule has 1 saturated heterocycles. The summed E-state index contributed by atoms with van der Waals surface area (Å²) in [6, 6.07) is 9.06. The number of nitrogens with zero attached hydrogens (tertiary/aromatic N) is 3. The van der Waals surface area contributed by atoms with Crippen LogP contribution in [0.1, 0.15) is 51.4 Å². The molecule has 2 fully saturated rings. The molecule has 1 aliphatic heterocycles. The molecule has 1 aromatic carbocycles. The Labute approximate surface area is 230 Å². The summed E-state index contributed by atoms with van der Waals surface area (Å²) in [4.78, 5) is 44.0. The molecule has 2 unspecified atom stereocenters. The van der Waals surface area contributed by atoms with Crippen molar-refractivity contribution in [3.63, 3.8) is 0 Å². The first kappa shape index (κ1) is 27.9. The number of Topliss-reactive ketones (excluding diaryl/α,β-unsaturated/α-hetero) is 1. The topological polar surface area (TPSA) is 153 Å². The summed E-state index contributed by atoms with van der Waals surface area (Å²) in [5.74, 6) is -2.44. The number of aliphatic hydroxyl groups excluding tert-OH is 1. The Morgan fingerprint density at radius 2 is 1.95 bits per heavy atom. The first-order valence-electron chi connectivity index (χ1n) is 13.1. The third kappa shape index (κ3) is 5.78. The SMILES string of the molecule is Cc1cccc(CC(O)[C@@H]2CC(F)CN2C(=O)Cn2cc(C(N)=O)c3cc(C(=O)CS(=O)(=O)C4CC4)ccc32)n1. The Kier molecular flexibility index (Phi) is 7.49. The Morgan fingerprint density at radius 1 is 1.20 bits per heavy atom. The molecule has 2 aliphatic rings. The van der Waals surface area contributed by atoms with Crippen molar-refractivity contribution in [2.45, 2.75) is 62.7 Å². The number of aryl methyl sites for hydroxylation is 1. The van der Waals surface area contributed by atoms with Gasteiger partial charge in [0, 0.05) is 46.9 Å². The molecular weight excluding hydrogens is 539 g/mol. The lowest BCUT2D eigenvalue weighted by atomic mass is 10.0. The summed E-state index contributed by atoms with van der Waals surface area (Å²) in [6.45, 7) is 1.40. The van der Waals surface area contributed by atoms with Crippen LogP contribution in [0.3, 0.4) is 0 Å². The third-order valence-corrected chi connectivity index (χ3v) is 9.71. The number of amides is 2. The number of aromatic nitrogens is 2. The molecule has 3 atom stereocenters. The number of pyridine rings is 1. The minimum Gasteiger partial charge on any atom is -0.391 e. The number of carbonyl (C=O) groups excluding carboxylic acids is 3. The number of hydrogen-bond acceptors (Lipinski definition) is 7. The van der Waals surface area contributed by atoms with Crippen molar-refractivity contribution in [2.75, 3.05) is 12.3 Å². The molecule has 0 radical (unpaired) electrons. The normalized spacial score (nSPS) is 20.1. The highest BCUT2D eigenvalue weighted by Gasteiger charge is 2.40. The highest BCUT2D eigenvalue weighted by molar-refractivity contribution is 7.93. The summed E-state index contributed by atoms with van der Waals surface area (Å²) >= 11 is 0. The summed E-state index contributed by atoms with van der Waals surface area (Å²) < 4.78 is 40.6. The van der Waals surface area contributed by atoms with Gasteiger partial charge in [0.05, 0.1) is 29.5 Å². The largest absolute Gasteiger partial charge is 0.391 e. The molecule has 1 aliphatic carbocycles. The van der Waals surface area contributed by atoms with Gasteiger partial charge in [0.25, 0.3) is 5.91 Å². The first-order valence-corrected chi connectivity index (χ1v) is 14.9. The van der Waals surface area contributed by atoms with Gasteiger partial charge in [-0.2, -0.15) is 0 Å². The Balaban J connectivity index is 1.37. The van der Waals surface area contributed by atoms with Crippen LogP contribution in [0, 0.1) is 6.92 Å². The zero-order chi connectivity index (χ0) is 28.8. The predicted molar refractivity (Wildman–Crippen MR) is 145 cm³/mol. The van der Waals surface area contributed by atoms with E-state index in [2.05, 4.69) is 4.98 Å². The van der Waals surface area contributed by atoms with Gasteiger partial charge in [0.1, 0.15) is 18.5 Å².